The van der Waals surface area contributed by atoms with Crippen LogP contribution < -0.4 is 10.6 Å². The zero-order valence-corrected chi connectivity index (χ0v) is 19.2. The average Bonchev–Trinajstić information content (AvgIpc) is 3.07. The van der Waals surface area contributed by atoms with Gasteiger partial charge in [0.15, 0.2) is 5.96 Å². The van der Waals surface area contributed by atoms with Crippen LogP contribution in [0.1, 0.15) is 60.7 Å². The van der Waals surface area contributed by atoms with Crippen molar-refractivity contribution < 1.29 is 9.53 Å². The van der Waals surface area contributed by atoms with Crippen LogP contribution in [0.5, 0.6) is 0 Å². The summed E-state index contributed by atoms with van der Waals surface area (Å²) in [6.45, 7) is 17.3. The van der Waals surface area contributed by atoms with E-state index in [0.717, 1.165) is 44.3 Å². The number of amides is 1. The molecule has 0 aliphatic carbocycles. The molecule has 0 atom stereocenters. The highest BCUT2D eigenvalue weighted by molar-refractivity contribution is 5.79. The normalized spacial score (nSPS) is 12.2. The number of nitrogens with zero attached hydrogens (tertiary/aromatic N) is 5. The summed E-state index contributed by atoms with van der Waals surface area (Å²) < 4.78 is 7.54. The summed E-state index contributed by atoms with van der Waals surface area (Å²) in [7, 11) is 0. The average molecular weight is 410 g/mol. The van der Waals surface area contributed by atoms with Crippen LogP contribution in [0.4, 0.5) is 4.79 Å². The second kappa shape index (κ2) is 12.3. The van der Waals surface area contributed by atoms with Crippen LogP contribution in [0.25, 0.3) is 0 Å². The first-order valence-electron chi connectivity index (χ1n) is 10.6. The maximum atomic E-state index is 12.4. The number of carbonyl (C=O) groups excluding carboxylic acids is 1. The van der Waals surface area contributed by atoms with Crippen LogP contribution in [0.15, 0.2) is 11.3 Å². The minimum atomic E-state index is -0.493. The van der Waals surface area contributed by atoms with E-state index in [4.69, 9.17) is 4.74 Å². The molecule has 1 heterocycles. The van der Waals surface area contributed by atoms with Crippen molar-refractivity contribution in [2.24, 2.45) is 4.99 Å². The Morgan fingerprint density at radius 3 is 2.62 bits per heavy atom. The largest absolute Gasteiger partial charge is 0.444 e. The molecule has 0 aromatic carbocycles. The van der Waals surface area contributed by atoms with Crippen molar-refractivity contribution in [3.8, 4) is 0 Å². The molecule has 166 valence electrons. The molecule has 0 unspecified atom stereocenters. The number of aryl methyl sites for hydroxylation is 1. The molecule has 0 aliphatic rings. The fraction of sp³-hybridized carbons (Fsp3) is 0.800. The molecule has 1 aromatic heterocycles. The lowest BCUT2D eigenvalue weighted by Crippen LogP contribution is -2.42. The number of aromatic nitrogens is 3. The molecule has 0 saturated heterocycles. The molecule has 0 aliphatic heterocycles. The first-order valence-corrected chi connectivity index (χ1v) is 10.6. The maximum Gasteiger partial charge on any atom is 0.410 e. The molecule has 0 saturated carbocycles. The second-order valence-corrected chi connectivity index (χ2v) is 8.10. The zero-order valence-electron chi connectivity index (χ0n) is 19.2. The fourth-order valence-corrected chi connectivity index (χ4v) is 2.69. The molecule has 1 amide bonds. The van der Waals surface area contributed by atoms with Gasteiger partial charge in [0.25, 0.3) is 0 Å². The van der Waals surface area contributed by atoms with E-state index in [0.29, 0.717) is 13.1 Å². The quantitative estimate of drug-likeness (QED) is 0.350. The third-order valence-electron chi connectivity index (χ3n) is 4.08. The number of guanidine groups is 1. The van der Waals surface area contributed by atoms with Crippen LogP contribution in [-0.4, -0.2) is 69.5 Å². The summed E-state index contributed by atoms with van der Waals surface area (Å²) in [5.74, 6) is 1.75. The second-order valence-electron chi connectivity index (χ2n) is 8.10. The van der Waals surface area contributed by atoms with Gasteiger partial charge in [0.2, 0.25) is 0 Å². The topological polar surface area (TPSA) is 96.7 Å². The standard InChI is InChI=1S/C20H39N7O2/c1-8-17-25-24-15-26(17)14-12-23-18(21-9-2)22-11-10-13-27(16(3)4)19(28)29-20(5,6)7/h15-16H,8-14H2,1-7H3,(H2,21,22,23). The molecule has 0 radical (unpaired) electrons. The van der Waals surface area contributed by atoms with Crippen molar-refractivity contribution in [1.82, 2.24) is 30.3 Å². The number of nitrogens with one attached hydrogen (secondary N) is 2. The van der Waals surface area contributed by atoms with Crippen molar-refractivity contribution in [3.63, 3.8) is 0 Å². The van der Waals surface area contributed by atoms with Gasteiger partial charge in [0, 0.05) is 45.2 Å². The van der Waals surface area contributed by atoms with Crippen LogP contribution in [0, 0.1) is 0 Å². The van der Waals surface area contributed by atoms with Crippen molar-refractivity contribution in [2.75, 3.05) is 26.2 Å². The summed E-state index contributed by atoms with van der Waals surface area (Å²) in [4.78, 5) is 18.7. The van der Waals surface area contributed by atoms with Crippen molar-refractivity contribution in [3.05, 3.63) is 12.2 Å². The van der Waals surface area contributed by atoms with Crippen LogP contribution in [0.2, 0.25) is 0 Å². The fourth-order valence-electron chi connectivity index (χ4n) is 2.69. The van der Waals surface area contributed by atoms with Gasteiger partial charge in [-0.05, 0) is 48.0 Å². The van der Waals surface area contributed by atoms with Gasteiger partial charge in [-0.25, -0.2) is 4.79 Å². The molecule has 29 heavy (non-hydrogen) atoms. The summed E-state index contributed by atoms with van der Waals surface area (Å²) in [6, 6.07) is 0.0803. The molecule has 1 rings (SSSR count). The summed E-state index contributed by atoms with van der Waals surface area (Å²) in [5, 5.41) is 14.6. The molecular weight excluding hydrogens is 370 g/mol. The molecule has 0 bridgehead atoms. The molecule has 0 fully saturated rings. The Morgan fingerprint density at radius 1 is 1.31 bits per heavy atom. The number of hydrogen-bond donors (Lipinski definition) is 2. The number of rotatable bonds is 10. The van der Waals surface area contributed by atoms with E-state index in [-0.39, 0.29) is 12.1 Å². The maximum absolute atomic E-state index is 12.4. The predicted octanol–water partition coefficient (Wildman–Crippen LogP) is 2.43. The highest BCUT2D eigenvalue weighted by Gasteiger charge is 2.23. The first-order chi connectivity index (χ1) is 13.7. The Bertz CT molecular complexity index is 635. The predicted molar refractivity (Wildman–Crippen MR) is 116 cm³/mol. The monoisotopic (exact) mass is 409 g/mol. The smallest absolute Gasteiger partial charge is 0.410 e. The Morgan fingerprint density at radius 2 is 2.03 bits per heavy atom. The number of carbonyl (C=O) groups is 1. The van der Waals surface area contributed by atoms with Gasteiger partial charge in [0.05, 0.1) is 0 Å². The Balaban J connectivity index is 2.49. The minimum Gasteiger partial charge on any atom is -0.444 e. The van der Waals surface area contributed by atoms with Gasteiger partial charge in [-0.2, -0.15) is 0 Å². The molecule has 2 N–H and O–H groups in total. The Kier molecular flexibility index (Phi) is 10.5. The third kappa shape index (κ3) is 9.62. The summed E-state index contributed by atoms with van der Waals surface area (Å²) in [5.41, 5.74) is -0.493. The number of ether oxygens (including phenoxy) is 1. The van der Waals surface area contributed by atoms with E-state index in [9.17, 15) is 4.79 Å². The van der Waals surface area contributed by atoms with Crippen molar-refractivity contribution in [2.45, 2.75) is 79.5 Å². The Hall–Kier alpha value is -2.32. The lowest BCUT2D eigenvalue weighted by molar-refractivity contribution is 0.0190. The van der Waals surface area contributed by atoms with E-state index in [1.54, 1.807) is 11.2 Å². The lowest BCUT2D eigenvalue weighted by Gasteiger charge is -2.30. The van der Waals surface area contributed by atoms with Crippen molar-refractivity contribution >= 4 is 12.1 Å². The lowest BCUT2D eigenvalue weighted by atomic mass is 10.2. The highest BCUT2D eigenvalue weighted by Crippen LogP contribution is 2.12. The minimum absolute atomic E-state index is 0.0803. The van der Waals surface area contributed by atoms with Crippen LogP contribution in [0.3, 0.4) is 0 Å². The van der Waals surface area contributed by atoms with Gasteiger partial charge in [0.1, 0.15) is 17.8 Å². The molecular formula is C20H39N7O2. The van der Waals surface area contributed by atoms with E-state index in [2.05, 4.69) is 32.7 Å². The van der Waals surface area contributed by atoms with Crippen LogP contribution >= 0.6 is 0 Å². The molecule has 1 aromatic rings. The number of aliphatic imine (C=N–C) groups is 1. The van der Waals surface area contributed by atoms with Gasteiger partial charge < -0.3 is 24.8 Å². The van der Waals surface area contributed by atoms with E-state index < -0.39 is 5.60 Å². The van der Waals surface area contributed by atoms with Gasteiger partial charge in [-0.1, -0.05) is 6.92 Å². The van der Waals surface area contributed by atoms with Gasteiger partial charge in [-0.15, -0.1) is 10.2 Å². The van der Waals surface area contributed by atoms with E-state index in [1.165, 1.54) is 0 Å². The first kappa shape index (κ1) is 24.7. The van der Waals surface area contributed by atoms with Crippen molar-refractivity contribution in [1.29, 1.82) is 0 Å². The number of hydrogen-bond acceptors (Lipinski definition) is 5. The molecule has 9 nitrogen and oxygen atoms in total. The SMILES string of the molecule is CCNC(=NCCCN(C(=O)OC(C)(C)C)C(C)C)NCCn1cnnc1CC. The van der Waals surface area contributed by atoms with Gasteiger partial charge in [-0.3, -0.25) is 4.99 Å². The summed E-state index contributed by atoms with van der Waals surface area (Å²) >= 11 is 0. The highest BCUT2D eigenvalue weighted by atomic mass is 16.6. The van der Waals surface area contributed by atoms with E-state index >= 15 is 0 Å². The summed E-state index contributed by atoms with van der Waals surface area (Å²) in [6.07, 6.45) is 3.10. The van der Waals surface area contributed by atoms with Gasteiger partial charge >= 0.3 is 6.09 Å². The molecule has 9 heteroatoms. The molecule has 0 spiro atoms. The third-order valence-corrected chi connectivity index (χ3v) is 4.08. The van der Waals surface area contributed by atoms with Crippen LogP contribution in [-0.2, 0) is 17.7 Å². The Labute approximate surface area is 175 Å². The van der Waals surface area contributed by atoms with E-state index in [1.807, 2.05) is 46.1 Å². The zero-order chi connectivity index (χ0) is 21.9.